The second-order valence-corrected chi connectivity index (χ2v) is 4.64. The highest BCUT2D eigenvalue weighted by molar-refractivity contribution is 7.86. The first-order valence-electron chi connectivity index (χ1n) is 3.74. The first-order valence-corrected chi connectivity index (χ1v) is 5.55. The molecule has 0 heterocycles. The minimum atomic E-state index is -3.37. The molecule has 0 radical (unpaired) electrons. The number of ether oxygens (including phenoxy) is 1. The van der Waals surface area contributed by atoms with Crippen LogP contribution in [0, 0.1) is 5.92 Å². The molecule has 0 amide bonds. The van der Waals surface area contributed by atoms with Crippen molar-refractivity contribution in [2.24, 2.45) is 5.92 Å². The zero-order valence-corrected chi connectivity index (χ0v) is 8.72. The van der Waals surface area contributed by atoms with Gasteiger partial charge < -0.3 is 4.74 Å². The van der Waals surface area contributed by atoms with E-state index in [0.29, 0.717) is 6.61 Å². The molecule has 0 aliphatic rings. The normalized spacial score (nSPS) is 15.1. The predicted octanol–water partition coefficient (Wildman–Crippen LogP) is 0.634. The molecule has 0 aliphatic heterocycles. The van der Waals surface area contributed by atoms with Gasteiger partial charge in [0.05, 0.1) is 12.9 Å². The van der Waals surface area contributed by atoms with Crippen LogP contribution in [0.4, 0.5) is 0 Å². The van der Waals surface area contributed by atoms with E-state index in [1.54, 1.807) is 0 Å². The van der Waals surface area contributed by atoms with Crippen molar-refractivity contribution >= 4 is 10.1 Å². The Morgan fingerprint density at radius 3 is 2.08 bits per heavy atom. The first-order chi connectivity index (χ1) is 5.37. The molecule has 1 atom stereocenters. The van der Waals surface area contributed by atoms with E-state index < -0.39 is 10.1 Å². The van der Waals surface area contributed by atoms with Crippen LogP contribution >= 0.6 is 0 Å². The minimum Gasteiger partial charge on any atom is -0.382 e. The molecule has 0 aliphatic carbocycles. The number of hydrogen-bond donors (Lipinski definition) is 0. The van der Waals surface area contributed by atoms with Gasteiger partial charge in [-0.05, 0) is 5.92 Å². The highest BCUT2D eigenvalue weighted by atomic mass is 32.2. The Morgan fingerprint density at radius 1 is 1.33 bits per heavy atom. The van der Waals surface area contributed by atoms with Gasteiger partial charge in [-0.25, -0.2) is 0 Å². The van der Waals surface area contributed by atoms with Crippen LogP contribution in [0.15, 0.2) is 0 Å². The van der Waals surface area contributed by atoms with E-state index >= 15 is 0 Å². The van der Waals surface area contributed by atoms with Crippen LogP contribution in [0.2, 0.25) is 0 Å². The topological polar surface area (TPSA) is 52.6 Å². The lowest BCUT2D eigenvalue weighted by molar-refractivity contribution is 0.0580. The third-order valence-corrected chi connectivity index (χ3v) is 1.97. The van der Waals surface area contributed by atoms with Gasteiger partial charge in [-0.3, -0.25) is 4.18 Å². The number of methoxy groups -OCH3 is 1. The molecule has 4 nitrogen and oxygen atoms in total. The van der Waals surface area contributed by atoms with Gasteiger partial charge in [0.2, 0.25) is 0 Å². The summed E-state index contributed by atoms with van der Waals surface area (Å²) in [5, 5.41) is 0. The fraction of sp³-hybridized carbons (Fsp3) is 1.00. The summed E-state index contributed by atoms with van der Waals surface area (Å²) < 4.78 is 31.1. The fourth-order valence-corrected chi connectivity index (χ4v) is 1.45. The molecule has 0 rings (SSSR count). The number of rotatable bonds is 5. The molecule has 12 heavy (non-hydrogen) atoms. The Hall–Kier alpha value is -0.130. The molecule has 0 saturated carbocycles. The summed E-state index contributed by atoms with van der Waals surface area (Å²) in [5.41, 5.74) is 0. The summed E-state index contributed by atoms with van der Waals surface area (Å²) in [6.45, 7) is 4.06. The van der Waals surface area contributed by atoms with Crippen LogP contribution in [0.5, 0.6) is 0 Å². The van der Waals surface area contributed by atoms with Gasteiger partial charge in [0.15, 0.2) is 0 Å². The highest BCUT2D eigenvalue weighted by Crippen LogP contribution is 2.09. The summed E-state index contributed by atoms with van der Waals surface area (Å²) in [6.07, 6.45) is 0.655. The molecular formula is C7H16O4S. The maximum absolute atomic E-state index is 10.7. The lowest BCUT2D eigenvalue weighted by Crippen LogP contribution is -2.27. The molecule has 1 unspecified atom stereocenters. The monoisotopic (exact) mass is 196 g/mol. The lowest BCUT2D eigenvalue weighted by Gasteiger charge is -2.18. The van der Waals surface area contributed by atoms with Crippen molar-refractivity contribution in [2.75, 3.05) is 20.0 Å². The van der Waals surface area contributed by atoms with Crippen molar-refractivity contribution in [1.29, 1.82) is 0 Å². The average molecular weight is 196 g/mol. The molecule has 0 aromatic rings. The molecule has 0 aromatic heterocycles. The predicted molar refractivity (Wildman–Crippen MR) is 46.4 cm³/mol. The third kappa shape index (κ3) is 5.51. The Kier molecular flexibility index (Phi) is 4.74. The summed E-state index contributed by atoms with van der Waals surface area (Å²) in [6, 6.07) is 0. The van der Waals surface area contributed by atoms with Crippen molar-refractivity contribution in [2.45, 2.75) is 20.0 Å². The van der Waals surface area contributed by atoms with Crippen LogP contribution < -0.4 is 0 Å². The minimum absolute atomic E-state index is 0.125. The Bertz CT molecular complexity index is 207. The zero-order valence-electron chi connectivity index (χ0n) is 7.90. The fourth-order valence-electron chi connectivity index (χ4n) is 0.720. The maximum Gasteiger partial charge on any atom is 0.264 e. The van der Waals surface area contributed by atoms with E-state index in [9.17, 15) is 8.42 Å². The summed E-state index contributed by atoms with van der Waals surface area (Å²) in [4.78, 5) is 0. The second kappa shape index (κ2) is 4.79. The molecule has 0 fully saturated rings. The quantitative estimate of drug-likeness (QED) is 0.605. The van der Waals surface area contributed by atoms with Crippen LogP contribution in [-0.4, -0.2) is 34.5 Å². The zero-order chi connectivity index (χ0) is 9.78. The largest absolute Gasteiger partial charge is 0.382 e. The van der Waals surface area contributed by atoms with Gasteiger partial charge >= 0.3 is 0 Å². The van der Waals surface area contributed by atoms with Gasteiger partial charge in [-0.1, -0.05) is 13.8 Å². The van der Waals surface area contributed by atoms with Crippen LogP contribution in [0.3, 0.4) is 0 Å². The van der Waals surface area contributed by atoms with E-state index in [4.69, 9.17) is 8.92 Å². The van der Waals surface area contributed by atoms with Gasteiger partial charge in [0.1, 0.15) is 6.10 Å². The Balaban J connectivity index is 4.14. The van der Waals surface area contributed by atoms with Crippen LogP contribution in [0.25, 0.3) is 0 Å². The maximum atomic E-state index is 10.7. The lowest BCUT2D eigenvalue weighted by atomic mass is 10.1. The van der Waals surface area contributed by atoms with Gasteiger partial charge in [-0.2, -0.15) is 8.42 Å². The number of hydrogen-bond acceptors (Lipinski definition) is 4. The molecular weight excluding hydrogens is 180 g/mol. The smallest absolute Gasteiger partial charge is 0.264 e. The van der Waals surface area contributed by atoms with E-state index in [-0.39, 0.29) is 12.0 Å². The van der Waals surface area contributed by atoms with Crippen LogP contribution in [-0.2, 0) is 19.0 Å². The average Bonchev–Trinajstić information content (AvgIpc) is 1.83. The molecule has 0 bridgehead atoms. The molecule has 0 N–H and O–H groups in total. The van der Waals surface area contributed by atoms with E-state index in [0.717, 1.165) is 6.26 Å². The van der Waals surface area contributed by atoms with Crippen molar-refractivity contribution < 1.29 is 17.3 Å². The van der Waals surface area contributed by atoms with Crippen molar-refractivity contribution in [3.05, 3.63) is 0 Å². The summed E-state index contributed by atoms with van der Waals surface area (Å²) in [7, 11) is -1.86. The Morgan fingerprint density at radius 2 is 1.83 bits per heavy atom. The van der Waals surface area contributed by atoms with Crippen molar-refractivity contribution in [1.82, 2.24) is 0 Å². The molecule has 0 saturated heterocycles. The standard InChI is InChI=1S/C7H16O4S/c1-6(2)7(5-10-3)11-12(4,8)9/h6-7H,5H2,1-4H3. The van der Waals surface area contributed by atoms with E-state index in [2.05, 4.69) is 0 Å². The van der Waals surface area contributed by atoms with E-state index in [1.807, 2.05) is 13.8 Å². The molecule has 0 aromatic carbocycles. The first kappa shape index (κ1) is 11.9. The van der Waals surface area contributed by atoms with Crippen molar-refractivity contribution in [3.63, 3.8) is 0 Å². The van der Waals surface area contributed by atoms with Gasteiger partial charge in [0, 0.05) is 7.11 Å². The summed E-state index contributed by atoms with van der Waals surface area (Å²) in [5.74, 6) is 0.125. The van der Waals surface area contributed by atoms with Gasteiger partial charge in [0.25, 0.3) is 10.1 Å². The second-order valence-electron chi connectivity index (χ2n) is 3.04. The highest BCUT2D eigenvalue weighted by Gasteiger charge is 2.18. The molecule has 74 valence electrons. The van der Waals surface area contributed by atoms with Gasteiger partial charge in [-0.15, -0.1) is 0 Å². The van der Waals surface area contributed by atoms with Crippen molar-refractivity contribution in [3.8, 4) is 0 Å². The molecule has 0 spiro atoms. The third-order valence-electron chi connectivity index (χ3n) is 1.37. The summed E-state index contributed by atoms with van der Waals surface area (Å²) >= 11 is 0. The SMILES string of the molecule is COCC(OS(C)(=O)=O)C(C)C. The molecule has 5 heteroatoms. The van der Waals surface area contributed by atoms with E-state index in [1.165, 1.54) is 7.11 Å². The Labute approximate surface area is 74.0 Å². The van der Waals surface area contributed by atoms with Crippen LogP contribution in [0.1, 0.15) is 13.8 Å².